The van der Waals surface area contributed by atoms with Gasteiger partial charge < -0.3 is 14.6 Å². The summed E-state index contributed by atoms with van der Waals surface area (Å²) in [7, 11) is -0.0351. The smallest absolute Gasteiger partial charge is 0.244 e. The summed E-state index contributed by atoms with van der Waals surface area (Å²) >= 11 is 0. The number of sulfonamides is 1. The van der Waals surface area contributed by atoms with Gasteiger partial charge in [-0.15, -0.1) is 0 Å². The summed E-state index contributed by atoms with van der Waals surface area (Å²) in [6.45, 7) is 7.98. The summed E-state index contributed by atoms with van der Waals surface area (Å²) < 4.78 is 33.8. The van der Waals surface area contributed by atoms with Crippen molar-refractivity contribution in [3.05, 3.63) is 18.0 Å². The molecule has 1 aromatic rings. The lowest BCUT2D eigenvalue weighted by atomic mass is 10.4. The van der Waals surface area contributed by atoms with Crippen LogP contribution in [0, 0.1) is 0 Å². The molecular weight excluding hydrogens is 290 g/mol. The topological polar surface area (TPSA) is 63.6 Å². The van der Waals surface area contributed by atoms with Crippen molar-refractivity contribution in [2.45, 2.75) is 44.9 Å². The molecule has 0 atom stereocenters. The van der Waals surface area contributed by atoms with E-state index in [0.717, 1.165) is 12.2 Å². The van der Waals surface area contributed by atoms with Crippen LogP contribution in [0.3, 0.4) is 0 Å². The molecule has 0 saturated carbocycles. The van der Waals surface area contributed by atoms with Gasteiger partial charge in [0.2, 0.25) is 10.0 Å². The molecule has 21 heavy (non-hydrogen) atoms. The van der Waals surface area contributed by atoms with Crippen LogP contribution in [0.2, 0.25) is 0 Å². The minimum absolute atomic E-state index is 0.101. The zero-order chi connectivity index (χ0) is 16.0. The predicted octanol–water partition coefficient (Wildman–Crippen LogP) is 1.27. The number of nitrogens with one attached hydrogen (secondary N) is 1. The first-order valence-electron chi connectivity index (χ1n) is 7.24. The van der Waals surface area contributed by atoms with E-state index in [2.05, 4.69) is 5.32 Å². The van der Waals surface area contributed by atoms with Gasteiger partial charge in [0, 0.05) is 38.6 Å². The van der Waals surface area contributed by atoms with E-state index in [-0.39, 0.29) is 6.10 Å². The molecule has 0 aliphatic carbocycles. The Hall–Kier alpha value is -0.890. The van der Waals surface area contributed by atoms with E-state index in [1.807, 2.05) is 32.4 Å². The molecule has 0 spiro atoms. The lowest BCUT2D eigenvalue weighted by molar-refractivity contribution is 0.0737. The van der Waals surface area contributed by atoms with Gasteiger partial charge >= 0.3 is 0 Å². The van der Waals surface area contributed by atoms with Gasteiger partial charge in [0.1, 0.15) is 4.90 Å². The molecule has 122 valence electrons. The van der Waals surface area contributed by atoms with E-state index < -0.39 is 10.0 Å². The highest BCUT2D eigenvalue weighted by atomic mass is 32.2. The van der Waals surface area contributed by atoms with E-state index in [0.29, 0.717) is 24.6 Å². The van der Waals surface area contributed by atoms with Crippen LogP contribution in [0.15, 0.2) is 17.2 Å². The molecule has 0 unspecified atom stereocenters. The van der Waals surface area contributed by atoms with Gasteiger partial charge in [-0.05, 0) is 33.9 Å². The first-order valence-corrected chi connectivity index (χ1v) is 8.68. The van der Waals surface area contributed by atoms with Gasteiger partial charge in [-0.3, -0.25) is 0 Å². The second-order valence-electron chi connectivity index (χ2n) is 5.23. The van der Waals surface area contributed by atoms with Crippen LogP contribution in [-0.2, 0) is 27.8 Å². The zero-order valence-electron chi connectivity index (χ0n) is 13.6. The minimum Gasteiger partial charge on any atom is -0.377 e. The highest BCUT2D eigenvalue weighted by Crippen LogP contribution is 2.18. The third-order valence-electron chi connectivity index (χ3n) is 3.22. The summed E-state index contributed by atoms with van der Waals surface area (Å²) in [5.74, 6) is 0. The van der Waals surface area contributed by atoms with E-state index in [1.165, 1.54) is 4.31 Å². The molecule has 0 aromatic carbocycles. The molecule has 1 rings (SSSR count). The Kier molecular flexibility index (Phi) is 6.86. The van der Waals surface area contributed by atoms with Crippen molar-refractivity contribution in [2.75, 3.05) is 27.2 Å². The number of hydrogen-bond acceptors (Lipinski definition) is 4. The fraction of sp³-hybridized carbons (Fsp3) is 0.714. The minimum atomic E-state index is -3.46. The molecule has 0 fully saturated rings. The fourth-order valence-corrected chi connectivity index (χ4v) is 3.23. The maximum Gasteiger partial charge on any atom is 0.244 e. The van der Waals surface area contributed by atoms with Crippen molar-refractivity contribution in [3.8, 4) is 0 Å². The SMILES string of the molecule is CCn1cc(S(=O)(=O)N(C)CCOC(C)C)cc1CNC. The monoisotopic (exact) mass is 317 g/mol. The van der Waals surface area contributed by atoms with Crippen molar-refractivity contribution in [3.63, 3.8) is 0 Å². The van der Waals surface area contributed by atoms with Crippen molar-refractivity contribution in [2.24, 2.45) is 0 Å². The average molecular weight is 317 g/mol. The third-order valence-corrected chi connectivity index (χ3v) is 5.05. The zero-order valence-corrected chi connectivity index (χ0v) is 14.4. The number of likely N-dealkylation sites (N-methyl/N-ethyl adjacent to an activating group) is 1. The normalized spacial score (nSPS) is 12.5. The summed E-state index contributed by atoms with van der Waals surface area (Å²) in [6.07, 6.45) is 1.80. The Balaban J connectivity index is 2.86. The lowest BCUT2D eigenvalue weighted by Gasteiger charge is -2.17. The van der Waals surface area contributed by atoms with Gasteiger partial charge in [0.15, 0.2) is 0 Å². The lowest BCUT2D eigenvalue weighted by Crippen LogP contribution is -2.30. The van der Waals surface area contributed by atoms with Crippen LogP contribution in [0.5, 0.6) is 0 Å². The van der Waals surface area contributed by atoms with Crippen molar-refractivity contribution in [1.82, 2.24) is 14.2 Å². The quantitative estimate of drug-likeness (QED) is 0.745. The van der Waals surface area contributed by atoms with Gasteiger partial charge in [0.05, 0.1) is 12.7 Å². The standard InChI is InChI=1S/C14H27N3O3S/c1-6-17-11-14(9-13(17)10-15-4)21(18,19)16(5)7-8-20-12(2)3/h9,11-12,15H,6-8,10H2,1-5H3. The third kappa shape index (κ3) is 4.81. The Morgan fingerprint density at radius 2 is 2.10 bits per heavy atom. The Morgan fingerprint density at radius 1 is 1.43 bits per heavy atom. The molecule has 7 heteroatoms. The van der Waals surface area contributed by atoms with Crippen molar-refractivity contribution in [1.29, 1.82) is 0 Å². The van der Waals surface area contributed by atoms with E-state index >= 15 is 0 Å². The first kappa shape index (κ1) is 18.2. The first-order chi connectivity index (χ1) is 9.82. The van der Waals surface area contributed by atoms with Gasteiger partial charge in [0.25, 0.3) is 0 Å². The molecular formula is C14H27N3O3S. The summed E-state index contributed by atoms with van der Waals surface area (Å²) in [5, 5.41) is 3.05. The van der Waals surface area contributed by atoms with Crippen LogP contribution in [0.4, 0.5) is 0 Å². The molecule has 0 amide bonds. The number of ether oxygens (including phenoxy) is 1. The molecule has 1 N–H and O–H groups in total. The van der Waals surface area contributed by atoms with E-state index in [9.17, 15) is 8.42 Å². The van der Waals surface area contributed by atoms with Gasteiger partial charge in [-0.1, -0.05) is 0 Å². The van der Waals surface area contributed by atoms with Crippen molar-refractivity contribution < 1.29 is 13.2 Å². The highest BCUT2D eigenvalue weighted by molar-refractivity contribution is 7.89. The molecule has 0 aliphatic rings. The molecule has 0 radical (unpaired) electrons. The largest absolute Gasteiger partial charge is 0.377 e. The van der Waals surface area contributed by atoms with Gasteiger partial charge in [-0.25, -0.2) is 8.42 Å². The second kappa shape index (κ2) is 7.93. The number of hydrogen-bond donors (Lipinski definition) is 1. The summed E-state index contributed by atoms with van der Waals surface area (Å²) in [4.78, 5) is 0.335. The van der Waals surface area contributed by atoms with Crippen LogP contribution in [0.25, 0.3) is 0 Å². The van der Waals surface area contributed by atoms with Crippen molar-refractivity contribution >= 4 is 10.0 Å². The van der Waals surface area contributed by atoms with Crippen LogP contribution >= 0.6 is 0 Å². The number of aromatic nitrogens is 1. The summed E-state index contributed by atoms with van der Waals surface area (Å²) in [6, 6.07) is 1.73. The van der Waals surface area contributed by atoms with Crippen LogP contribution in [0.1, 0.15) is 26.5 Å². The number of aryl methyl sites for hydroxylation is 1. The Morgan fingerprint density at radius 3 is 2.62 bits per heavy atom. The van der Waals surface area contributed by atoms with Crippen LogP contribution in [-0.4, -0.2) is 50.6 Å². The van der Waals surface area contributed by atoms with Gasteiger partial charge in [-0.2, -0.15) is 4.31 Å². The molecule has 1 heterocycles. The Bertz CT molecular complexity index is 538. The molecule has 6 nitrogen and oxygen atoms in total. The fourth-order valence-electron chi connectivity index (χ4n) is 2.01. The van der Waals surface area contributed by atoms with E-state index in [4.69, 9.17) is 4.74 Å². The van der Waals surface area contributed by atoms with E-state index in [1.54, 1.807) is 19.3 Å². The maximum atomic E-state index is 12.5. The molecule has 0 bridgehead atoms. The Labute approximate surface area is 128 Å². The number of nitrogens with zero attached hydrogens (tertiary/aromatic N) is 2. The highest BCUT2D eigenvalue weighted by Gasteiger charge is 2.23. The second-order valence-corrected chi connectivity index (χ2v) is 7.27. The summed E-state index contributed by atoms with van der Waals surface area (Å²) in [5.41, 5.74) is 0.963. The molecule has 0 saturated heterocycles. The predicted molar refractivity (Wildman–Crippen MR) is 83.8 cm³/mol. The average Bonchev–Trinajstić information content (AvgIpc) is 2.82. The number of rotatable bonds is 9. The van der Waals surface area contributed by atoms with Crippen LogP contribution < -0.4 is 5.32 Å². The maximum absolute atomic E-state index is 12.5. The molecule has 0 aliphatic heterocycles. The molecule has 1 aromatic heterocycles.